The third-order valence-corrected chi connectivity index (χ3v) is 6.38. The first-order valence-corrected chi connectivity index (χ1v) is 11.0. The summed E-state index contributed by atoms with van der Waals surface area (Å²) in [6, 6.07) is 4.75. The van der Waals surface area contributed by atoms with Gasteiger partial charge in [-0.25, -0.2) is 4.79 Å². The van der Waals surface area contributed by atoms with Gasteiger partial charge in [0, 0.05) is 22.9 Å². The summed E-state index contributed by atoms with van der Waals surface area (Å²) in [5.74, 6) is -3.48. The number of rotatable bonds is 6. The zero-order valence-corrected chi connectivity index (χ0v) is 19.9. The number of ketones is 1. The molecule has 0 spiro atoms. The van der Waals surface area contributed by atoms with Gasteiger partial charge in [0.15, 0.2) is 17.3 Å². The van der Waals surface area contributed by atoms with Gasteiger partial charge in [0.05, 0.1) is 25.9 Å². The minimum Gasteiger partial charge on any atom is -0.504 e. The number of nitrogens with one attached hydrogen (secondary N) is 1. The van der Waals surface area contributed by atoms with Crippen LogP contribution in [0.1, 0.15) is 52.0 Å². The minimum absolute atomic E-state index is 0.121. The largest absolute Gasteiger partial charge is 0.504 e. The van der Waals surface area contributed by atoms with E-state index in [2.05, 4.69) is 5.32 Å². The molecule has 8 heteroatoms. The third kappa shape index (κ3) is 4.47. The van der Waals surface area contributed by atoms with Crippen LogP contribution in [0.25, 0.3) is 0 Å². The number of dihydropyridines is 1. The Morgan fingerprint density at radius 3 is 2.55 bits per heavy atom. The highest BCUT2D eigenvalue weighted by Gasteiger charge is 2.47. The summed E-state index contributed by atoms with van der Waals surface area (Å²) < 4.78 is 15.7. The van der Waals surface area contributed by atoms with Crippen molar-refractivity contribution in [1.29, 1.82) is 0 Å². The molecule has 1 heterocycles. The van der Waals surface area contributed by atoms with E-state index in [-0.39, 0.29) is 29.1 Å². The summed E-state index contributed by atoms with van der Waals surface area (Å²) in [6.45, 7) is 7.29. The number of benzene rings is 1. The Bertz CT molecular complexity index is 1040. The highest BCUT2D eigenvalue weighted by Crippen LogP contribution is 2.46. The van der Waals surface area contributed by atoms with Gasteiger partial charge >= 0.3 is 11.9 Å². The van der Waals surface area contributed by atoms with E-state index in [0.717, 1.165) is 0 Å². The lowest BCUT2D eigenvalue weighted by Crippen LogP contribution is -2.43. The van der Waals surface area contributed by atoms with Crippen LogP contribution in [0.4, 0.5) is 0 Å². The van der Waals surface area contributed by atoms with Gasteiger partial charge in [-0.15, -0.1) is 0 Å². The van der Waals surface area contributed by atoms with Crippen molar-refractivity contribution in [2.24, 2.45) is 11.8 Å². The standard InChI is InChI=1S/C25H31NO7/c1-7-13(3)33-25(30)20-14(4)26-16-10-12(2)19(24(29)32-6)23(28)22(16)21(20)15-8-9-18(31-5)17(27)11-15/h8-9,11-13,19,21,26-27H,7,10H2,1-6H3/t12-,13+,19+,21+/m0/s1. The Morgan fingerprint density at radius 2 is 1.97 bits per heavy atom. The van der Waals surface area contributed by atoms with Gasteiger partial charge in [-0.05, 0) is 50.3 Å². The highest BCUT2D eigenvalue weighted by atomic mass is 16.5. The molecular formula is C25H31NO7. The van der Waals surface area contributed by atoms with Crippen LogP contribution in [-0.2, 0) is 23.9 Å². The number of Topliss-reactive ketones (excluding diaryl/α,β-unsaturated/α-hetero) is 1. The molecule has 0 saturated carbocycles. The monoisotopic (exact) mass is 457 g/mol. The fraction of sp³-hybridized carbons (Fsp3) is 0.480. The van der Waals surface area contributed by atoms with Gasteiger partial charge in [0.1, 0.15) is 5.92 Å². The van der Waals surface area contributed by atoms with E-state index in [1.165, 1.54) is 20.3 Å². The van der Waals surface area contributed by atoms with Crippen molar-refractivity contribution in [3.8, 4) is 11.5 Å². The molecule has 1 aliphatic heterocycles. The van der Waals surface area contributed by atoms with Crippen molar-refractivity contribution in [2.75, 3.05) is 14.2 Å². The summed E-state index contributed by atoms with van der Waals surface area (Å²) in [6.07, 6.45) is 0.752. The number of hydrogen-bond donors (Lipinski definition) is 2. The third-order valence-electron chi connectivity index (χ3n) is 6.38. The van der Waals surface area contributed by atoms with Crippen LogP contribution in [0.5, 0.6) is 11.5 Å². The number of phenolic OH excluding ortho intramolecular Hbond substituents is 1. The molecule has 2 aliphatic rings. The van der Waals surface area contributed by atoms with Crippen molar-refractivity contribution < 1.29 is 33.7 Å². The van der Waals surface area contributed by atoms with E-state index >= 15 is 0 Å². The first-order chi connectivity index (χ1) is 15.6. The molecule has 1 aromatic rings. The Balaban J connectivity index is 2.19. The Hall–Kier alpha value is -3.29. The van der Waals surface area contributed by atoms with Crippen molar-refractivity contribution in [3.05, 3.63) is 46.3 Å². The number of carbonyl (C=O) groups excluding carboxylic acids is 3. The number of hydrogen-bond acceptors (Lipinski definition) is 8. The van der Waals surface area contributed by atoms with Crippen molar-refractivity contribution >= 4 is 17.7 Å². The van der Waals surface area contributed by atoms with E-state index in [1.807, 2.05) is 13.8 Å². The molecule has 33 heavy (non-hydrogen) atoms. The maximum Gasteiger partial charge on any atom is 0.337 e. The number of phenols is 1. The van der Waals surface area contributed by atoms with E-state index in [4.69, 9.17) is 14.2 Å². The van der Waals surface area contributed by atoms with Gasteiger partial charge < -0.3 is 24.6 Å². The molecule has 1 aliphatic carbocycles. The molecule has 1 aromatic carbocycles. The molecule has 0 unspecified atom stereocenters. The molecule has 0 bridgehead atoms. The normalized spacial score (nSPS) is 23.5. The Labute approximate surface area is 193 Å². The summed E-state index contributed by atoms with van der Waals surface area (Å²) in [7, 11) is 2.69. The SMILES string of the molecule is CC[C@@H](C)OC(=O)C1=C(C)NC2=C(C(=O)[C@H](C(=O)OC)[C@@H](C)C2)[C@@H]1c1ccc(OC)c(O)c1. The lowest BCUT2D eigenvalue weighted by atomic mass is 9.69. The zero-order valence-electron chi connectivity index (χ0n) is 19.9. The summed E-state index contributed by atoms with van der Waals surface area (Å²) in [5, 5.41) is 13.6. The molecule has 3 rings (SSSR count). The molecule has 8 nitrogen and oxygen atoms in total. The second-order valence-corrected chi connectivity index (χ2v) is 8.59. The van der Waals surface area contributed by atoms with Crippen molar-refractivity contribution in [2.45, 2.75) is 52.6 Å². The molecule has 0 fully saturated rings. The van der Waals surface area contributed by atoms with Crippen LogP contribution in [0.2, 0.25) is 0 Å². The van der Waals surface area contributed by atoms with E-state index in [0.29, 0.717) is 35.4 Å². The molecule has 0 radical (unpaired) electrons. The average Bonchev–Trinajstić information content (AvgIpc) is 2.77. The summed E-state index contributed by atoms with van der Waals surface area (Å²) in [5.41, 5.74) is 2.33. The zero-order chi connectivity index (χ0) is 24.4. The number of esters is 2. The van der Waals surface area contributed by atoms with E-state index in [1.54, 1.807) is 26.0 Å². The van der Waals surface area contributed by atoms with Gasteiger partial charge in [0.25, 0.3) is 0 Å². The molecule has 4 atom stereocenters. The summed E-state index contributed by atoms with van der Waals surface area (Å²) >= 11 is 0. The van der Waals surface area contributed by atoms with Crippen molar-refractivity contribution in [3.63, 3.8) is 0 Å². The van der Waals surface area contributed by atoms with E-state index in [9.17, 15) is 19.5 Å². The van der Waals surface area contributed by atoms with E-state index < -0.39 is 29.6 Å². The lowest BCUT2D eigenvalue weighted by Gasteiger charge is -2.38. The molecule has 2 N–H and O–H groups in total. The van der Waals surface area contributed by atoms with Crippen LogP contribution >= 0.6 is 0 Å². The van der Waals surface area contributed by atoms with Crippen molar-refractivity contribution in [1.82, 2.24) is 5.32 Å². The van der Waals surface area contributed by atoms with Gasteiger partial charge in [-0.3, -0.25) is 9.59 Å². The molecule has 0 aromatic heterocycles. The van der Waals surface area contributed by atoms with Crippen LogP contribution in [0.15, 0.2) is 40.7 Å². The maximum atomic E-state index is 13.7. The Morgan fingerprint density at radius 1 is 1.27 bits per heavy atom. The van der Waals surface area contributed by atoms with Gasteiger partial charge in [0.2, 0.25) is 0 Å². The van der Waals surface area contributed by atoms with Crippen LogP contribution in [0, 0.1) is 11.8 Å². The number of carbonyl (C=O) groups is 3. The first kappa shape index (κ1) is 24.4. The lowest BCUT2D eigenvalue weighted by molar-refractivity contribution is -0.151. The summed E-state index contributed by atoms with van der Waals surface area (Å²) in [4.78, 5) is 39.4. The van der Waals surface area contributed by atoms with Crippen LogP contribution in [-0.4, -0.2) is 43.2 Å². The fourth-order valence-corrected chi connectivity index (χ4v) is 4.50. The molecular weight excluding hydrogens is 426 g/mol. The van der Waals surface area contributed by atoms with Gasteiger partial charge in [-0.1, -0.05) is 19.9 Å². The number of aromatic hydroxyl groups is 1. The second kappa shape index (κ2) is 9.68. The Kier molecular flexibility index (Phi) is 7.15. The van der Waals surface area contributed by atoms with Gasteiger partial charge in [-0.2, -0.15) is 0 Å². The average molecular weight is 458 g/mol. The number of ether oxygens (including phenoxy) is 3. The molecule has 178 valence electrons. The number of methoxy groups -OCH3 is 2. The quantitative estimate of drug-likeness (QED) is 0.494. The molecule has 0 amide bonds. The fourth-order valence-electron chi connectivity index (χ4n) is 4.50. The smallest absolute Gasteiger partial charge is 0.337 e. The minimum atomic E-state index is -0.977. The highest BCUT2D eigenvalue weighted by molar-refractivity contribution is 6.12. The predicted octanol–water partition coefficient (Wildman–Crippen LogP) is 3.36. The topological polar surface area (TPSA) is 111 Å². The predicted molar refractivity (Wildman–Crippen MR) is 120 cm³/mol. The van der Waals surface area contributed by atoms with Crippen LogP contribution < -0.4 is 10.1 Å². The number of allylic oxidation sites excluding steroid dienone is 3. The van der Waals surface area contributed by atoms with Crippen LogP contribution in [0.3, 0.4) is 0 Å². The first-order valence-electron chi connectivity index (χ1n) is 11.0. The maximum absolute atomic E-state index is 13.7. The molecule has 0 saturated heterocycles. The second-order valence-electron chi connectivity index (χ2n) is 8.59.